The zero-order valence-electron chi connectivity index (χ0n) is 17.7. The molecule has 1 aliphatic heterocycles. The standard InChI is InChI=1S/C22H25N7O2/c1-16-5-7-18(8-6-16)25-22-24-17(2)14-19(26-22)27-10-12-28(13-11-27)21(31)15-29-20(30)4-3-9-23-29/h3-9,14H,10-13,15H2,1-2H3,(H,24,25,26). The molecule has 0 atom stereocenters. The second-order valence-electron chi connectivity index (χ2n) is 7.57. The average Bonchev–Trinajstić information content (AvgIpc) is 2.77. The number of piperazine rings is 1. The van der Waals surface area contributed by atoms with Gasteiger partial charge in [0.2, 0.25) is 11.9 Å². The lowest BCUT2D eigenvalue weighted by Gasteiger charge is -2.35. The SMILES string of the molecule is Cc1ccc(Nc2nc(C)cc(N3CCN(C(=O)Cn4ncccc4=O)CC3)n2)cc1. The summed E-state index contributed by atoms with van der Waals surface area (Å²) in [5.74, 6) is 1.27. The topological polar surface area (TPSA) is 96.3 Å². The van der Waals surface area contributed by atoms with Crippen molar-refractivity contribution < 1.29 is 4.79 Å². The monoisotopic (exact) mass is 419 g/mol. The number of aryl methyl sites for hydroxylation is 2. The first-order chi connectivity index (χ1) is 15.0. The van der Waals surface area contributed by atoms with Gasteiger partial charge >= 0.3 is 0 Å². The van der Waals surface area contributed by atoms with E-state index in [1.54, 1.807) is 11.0 Å². The van der Waals surface area contributed by atoms with Crippen molar-refractivity contribution in [3.05, 3.63) is 70.3 Å². The highest BCUT2D eigenvalue weighted by atomic mass is 16.2. The van der Waals surface area contributed by atoms with Crippen LogP contribution >= 0.6 is 0 Å². The summed E-state index contributed by atoms with van der Waals surface area (Å²) >= 11 is 0. The molecular formula is C22H25N7O2. The molecule has 160 valence electrons. The highest BCUT2D eigenvalue weighted by Gasteiger charge is 2.23. The van der Waals surface area contributed by atoms with E-state index in [1.807, 2.05) is 44.2 Å². The van der Waals surface area contributed by atoms with Gasteiger partial charge in [-0.05, 0) is 32.0 Å². The molecule has 0 spiro atoms. The third kappa shape index (κ3) is 5.06. The summed E-state index contributed by atoms with van der Waals surface area (Å²) in [5, 5.41) is 7.21. The molecule has 9 heteroatoms. The van der Waals surface area contributed by atoms with E-state index < -0.39 is 0 Å². The summed E-state index contributed by atoms with van der Waals surface area (Å²) in [7, 11) is 0. The van der Waals surface area contributed by atoms with Crippen LogP contribution in [0.25, 0.3) is 0 Å². The number of rotatable bonds is 5. The Hall–Kier alpha value is -3.75. The molecule has 3 aromatic rings. The van der Waals surface area contributed by atoms with Crippen LogP contribution in [0.3, 0.4) is 0 Å². The van der Waals surface area contributed by atoms with Gasteiger partial charge in [0.05, 0.1) is 0 Å². The van der Waals surface area contributed by atoms with Gasteiger partial charge in [-0.25, -0.2) is 9.67 Å². The number of nitrogens with one attached hydrogen (secondary N) is 1. The van der Waals surface area contributed by atoms with Crippen LogP contribution < -0.4 is 15.8 Å². The summed E-state index contributed by atoms with van der Waals surface area (Å²) in [4.78, 5) is 37.4. The van der Waals surface area contributed by atoms with E-state index in [-0.39, 0.29) is 18.0 Å². The lowest BCUT2D eigenvalue weighted by molar-refractivity contribution is -0.132. The average molecular weight is 419 g/mol. The van der Waals surface area contributed by atoms with Crippen molar-refractivity contribution in [3.63, 3.8) is 0 Å². The number of hydrogen-bond acceptors (Lipinski definition) is 7. The maximum atomic E-state index is 12.6. The largest absolute Gasteiger partial charge is 0.353 e. The highest BCUT2D eigenvalue weighted by molar-refractivity contribution is 5.76. The van der Waals surface area contributed by atoms with Crippen molar-refractivity contribution in [1.29, 1.82) is 0 Å². The zero-order valence-corrected chi connectivity index (χ0v) is 17.7. The van der Waals surface area contributed by atoms with Crippen molar-refractivity contribution in [3.8, 4) is 0 Å². The molecule has 0 unspecified atom stereocenters. The van der Waals surface area contributed by atoms with Crippen LogP contribution in [0.5, 0.6) is 0 Å². The Morgan fingerprint density at radius 3 is 2.48 bits per heavy atom. The lowest BCUT2D eigenvalue weighted by atomic mass is 10.2. The molecule has 9 nitrogen and oxygen atoms in total. The molecule has 0 radical (unpaired) electrons. The van der Waals surface area contributed by atoms with Gasteiger partial charge in [0.25, 0.3) is 5.56 Å². The maximum absolute atomic E-state index is 12.6. The number of carbonyl (C=O) groups excluding carboxylic acids is 1. The molecule has 4 rings (SSSR count). The predicted octanol–water partition coefficient (Wildman–Crippen LogP) is 1.74. The van der Waals surface area contributed by atoms with Crippen molar-refractivity contribution in [2.75, 3.05) is 36.4 Å². The van der Waals surface area contributed by atoms with E-state index >= 15 is 0 Å². The van der Waals surface area contributed by atoms with E-state index in [1.165, 1.54) is 22.5 Å². The lowest BCUT2D eigenvalue weighted by Crippen LogP contribution is -2.50. The fraction of sp³-hybridized carbons (Fsp3) is 0.318. The molecule has 1 N–H and O–H groups in total. The highest BCUT2D eigenvalue weighted by Crippen LogP contribution is 2.20. The molecule has 0 aliphatic carbocycles. The Labute approximate surface area is 180 Å². The second-order valence-corrected chi connectivity index (χ2v) is 7.57. The van der Waals surface area contributed by atoms with Crippen molar-refractivity contribution in [2.24, 2.45) is 0 Å². The van der Waals surface area contributed by atoms with E-state index in [2.05, 4.69) is 25.3 Å². The Kier molecular flexibility index (Phi) is 5.92. The van der Waals surface area contributed by atoms with Gasteiger partial charge in [0, 0.05) is 55.9 Å². The molecule has 1 aliphatic rings. The fourth-order valence-corrected chi connectivity index (χ4v) is 3.45. The molecule has 1 fully saturated rings. The number of benzene rings is 1. The van der Waals surface area contributed by atoms with Crippen LogP contribution in [0, 0.1) is 13.8 Å². The molecule has 31 heavy (non-hydrogen) atoms. The Balaban J connectivity index is 1.39. The zero-order chi connectivity index (χ0) is 21.8. The second kappa shape index (κ2) is 8.95. The summed E-state index contributed by atoms with van der Waals surface area (Å²) < 4.78 is 1.19. The van der Waals surface area contributed by atoms with Gasteiger partial charge < -0.3 is 15.1 Å². The molecule has 3 heterocycles. The van der Waals surface area contributed by atoms with Crippen LogP contribution in [-0.4, -0.2) is 56.7 Å². The Morgan fingerprint density at radius 2 is 1.77 bits per heavy atom. The van der Waals surface area contributed by atoms with E-state index in [0.717, 1.165) is 17.2 Å². The van der Waals surface area contributed by atoms with E-state index in [4.69, 9.17) is 0 Å². The third-order valence-electron chi connectivity index (χ3n) is 5.18. The number of amides is 1. The van der Waals surface area contributed by atoms with Gasteiger partial charge in [-0.2, -0.15) is 10.1 Å². The molecule has 1 saturated heterocycles. The number of carbonyl (C=O) groups is 1. The first kappa shape index (κ1) is 20.5. The van der Waals surface area contributed by atoms with Crippen molar-refractivity contribution in [2.45, 2.75) is 20.4 Å². The first-order valence-corrected chi connectivity index (χ1v) is 10.2. The number of hydrogen-bond donors (Lipinski definition) is 1. The molecule has 0 bridgehead atoms. The minimum atomic E-state index is -0.278. The summed E-state index contributed by atoms with van der Waals surface area (Å²) in [6.07, 6.45) is 1.51. The normalized spacial score (nSPS) is 13.9. The smallest absolute Gasteiger partial charge is 0.267 e. The first-order valence-electron chi connectivity index (χ1n) is 10.2. The third-order valence-corrected chi connectivity index (χ3v) is 5.18. The Bertz CT molecular complexity index is 1120. The van der Waals surface area contributed by atoms with Gasteiger partial charge in [0.1, 0.15) is 12.4 Å². The minimum absolute atomic E-state index is 0.0447. The van der Waals surface area contributed by atoms with Gasteiger partial charge in [-0.15, -0.1) is 0 Å². The van der Waals surface area contributed by atoms with Crippen molar-refractivity contribution in [1.82, 2.24) is 24.6 Å². The maximum Gasteiger partial charge on any atom is 0.267 e. The summed E-state index contributed by atoms with van der Waals surface area (Å²) in [6, 6.07) is 13.0. The molecule has 0 saturated carbocycles. The minimum Gasteiger partial charge on any atom is -0.353 e. The number of anilines is 3. The van der Waals surface area contributed by atoms with Crippen LogP contribution in [-0.2, 0) is 11.3 Å². The summed E-state index contributed by atoms with van der Waals surface area (Å²) in [6.45, 7) is 6.37. The molecule has 1 aromatic carbocycles. The van der Waals surface area contributed by atoms with Crippen LogP contribution in [0.15, 0.2) is 53.5 Å². The van der Waals surface area contributed by atoms with Crippen LogP contribution in [0.1, 0.15) is 11.3 Å². The Morgan fingerprint density at radius 1 is 1.03 bits per heavy atom. The molecular weight excluding hydrogens is 394 g/mol. The quantitative estimate of drug-likeness (QED) is 0.673. The predicted molar refractivity (Wildman–Crippen MR) is 119 cm³/mol. The fourth-order valence-electron chi connectivity index (χ4n) is 3.45. The van der Waals surface area contributed by atoms with Crippen LogP contribution in [0.4, 0.5) is 17.5 Å². The van der Waals surface area contributed by atoms with E-state index in [9.17, 15) is 9.59 Å². The summed E-state index contributed by atoms with van der Waals surface area (Å²) in [5.41, 5.74) is 2.71. The number of aromatic nitrogens is 4. The van der Waals surface area contributed by atoms with Crippen molar-refractivity contribution >= 4 is 23.4 Å². The number of nitrogens with zero attached hydrogens (tertiary/aromatic N) is 6. The van der Waals surface area contributed by atoms with Gasteiger partial charge in [-0.3, -0.25) is 9.59 Å². The van der Waals surface area contributed by atoms with Crippen LogP contribution in [0.2, 0.25) is 0 Å². The molecule has 1 amide bonds. The van der Waals surface area contributed by atoms with Gasteiger partial charge in [-0.1, -0.05) is 17.7 Å². The molecule has 2 aromatic heterocycles. The van der Waals surface area contributed by atoms with Gasteiger partial charge in [0.15, 0.2) is 0 Å². The van der Waals surface area contributed by atoms with E-state index in [0.29, 0.717) is 32.1 Å².